The van der Waals surface area contributed by atoms with Crippen molar-refractivity contribution in [3.8, 4) is 0 Å². The Labute approximate surface area is 590 Å². The summed E-state index contributed by atoms with van der Waals surface area (Å²) in [7, 11) is 10.8. The van der Waals surface area contributed by atoms with Gasteiger partial charge in [0.05, 0.1) is 31.6 Å². The van der Waals surface area contributed by atoms with Crippen molar-refractivity contribution in [2.24, 2.45) is 17.8 Å². The molecule has 0 aliphatic carbocycles. The van der Waals surface area contributed by atoms with Gasteiger partial charge in [0.1, 0.15) is 48.3 Å². The number of carbonyl (C=O) groups is 12. The number of hydrogen-bond donors (Lipinski definition) is 3. The third kappa shape index (κ3) is 22.7. The number of likely N-dealkylation sites (tertiary alicyclic amines) is 1. The van der Waals surface area contributed by atoms with Gasteiger partial charge in [-0.05, 0) is 104 Å². The van der Waals surface area contributed by atoms with Crippen LogP contribution in [0.1, 0.15) is 116 Å². The van der Waals surface area contributed by atoms with E-state index in [4.69, 9.17) is 11.6 Å². The fourth-order valence-corrected chi connectivity index (χ4v) is 12.2. The highest BCUT2D eigenvalue weighted by Crippen LogP contribution is 2.30. The van der Waals surface area contributed by atoms with E-state index in [1.165, 1.54) is 90.1 Å². The molecule has 0 spiro atoms. The average molecular weight is 1420 g/mol. The third-order valence-corrected chi connectivity index (χ3v) is 19.2. The van der Waals surface area contributed by atoms with Crippen LogP contribution in [0.15, 0.2) is 78.9 Å². The molecule has 100 heavy (non-hydrogen) atoms. The van der Waals surface area contributed by atoms with Crippen LogP contribution in [0, 0.1) is 17.8 Å². The molecule has 550 valence electrons. The molecule has 2 fully saturated rings. The molecule has 24 nitrogen and oxygen atoms in total. The van der Waals surface area contributed by atoms with Crippen LogP contribution >= 0.6 is 11.6 Å². The highest BCUT2D eigenvalue weighted by Gasteiger charge is 2.43. The van der Waals surface area contributed by atoms with Crippen LogP contribution in [0.2, 0.25) is 5.02 Å². The molecular weight excluding hydrogens is 1320 g/mol. The van der Waals surface area contributed by atoms with Gasteiger partial charge in [-0.3, -0.25) is 57.5 Å². The number of rotatable bonds is 14. The molecule has 2 aliphatic rings. The van der Waals surface area contributed by atoms with Crippen LogP contribution in [0.25, 0.3) is 0 Å². The molecule has 3 N–H and O–H groups in total. The number of likely N-dealkylation sites (N-methyl/N-ethyl adjacent to an activating group) is 8. The molecule has 2 saturated heterocycles. The van der Waals surface area contributed by atoms with E-state index in [-0.39, 0.29) is 50.4 Å². The molecule has 5 rings (SSSR count). The zero-order valence-electron chi connectivity index (χ0n) is 60.4. The van der Waals surface area contributed by atoms with Crippen molar-refractivity contribution in [1.82, 2.24) is 60.0 Å². The molecule has 0 saturated carbocycles. The Kier molecular flexibility index (Phi) is 30.5. The third-order valence-electron chi connectivity index (χ3n) is 18.9. The molecule has 0 unspecified atom stereocenters. The van der Waals surface area contributed by atoms with Crippen LogP contribution in [-0.2, 0) is 83.0 Å². The zero-order valence-corrected chi connectivity index (χ0v) is 61.2. The van der Waals surface area contributed by atoms with Gasteiger partial charge in [-0.15, -0.1) is 0 Å². The first-order valence-electron chi connectivity index (χ1n) is 34.1. The molecule has 28 heteroatoms. The zero-order chi connectivity index (χ0) is 74.8. The van der Waals surface area contributed by atoms with Gasteiger partial charge >= 0.3 is 6.18 Å². The monoisotopic (exact) mass is 1420 g/mol. The van der Waals surface area contributed by atoms with Crippen molar-refractivity contribution >= 4 is 82.5 Å². The van der Waals surface area contributed by atoms with Crippen molar-refractivity contribution in [3.05, 3.63) is 106 Å². The Balaban J connectivity index is 1.66. The lowest BCUT2D eigenvalue weighted by atomic mass is 9.96. The van der Waals surface area contributed by atoms with E-state index < -0.39 is 163 Å². The van der Waals surface area contributed by atoms with E-state index in [0.717, 1.165) is 41.5 Å². The molecular formula is C72H102ClF3N12O12. The Morgan fingerprint density at radius 1 is 0.530 bits per heavy atom. The van der Waals surface area contributed by atoms with Gasteiger partial charge in [-0.2, -0.15) is 13.2 Å². The predicted molar refractivity (Wildman–Crippen MR) is 371 cm³/mol. The number of halogens is 4. The number of hydrogen-bond acceptors (Lipinski definition) is 12. The van der Waals surface area contributed by atoms with E-state index in [0.29, 0.717) is 54.1 Å². The van der Waals surface area contributed by atoms with Crippen LogP contribution in [0.5, 0.6) is 0 Å². The molecule has 0 aromatic heterocycles. The number of benzene rings is 3. The number of aryl methyl sites for hydroxylation is 1. The number of nitrogens with one attached hydrogen (secondary N) is 3. The summed E-state index contributed by atoms with van der Waals surface area (Å²) < 4.78 is 41.2. The van der Waals surface area contributed by atoms with Gasteiger partial charge < -0.3 is 60.0 Å². The Hall–Kier alpha value is -8.62. The second kappa shape index (κ2) is 37.2. The fourth-order valence-electron chi connectivity index (χ4n) is 12.1. The molecule has 12 amide bonds. The van der Waals surface area contributed by atoms with E-state index in [1.54, 1.807) is 68.4 Å². The second-order valence-electron chi connectivity index (χ2n) is 27.5. The minimum Gasteiger partial charge on any atom is -0.343 e. The number of carbonyl (C=O) groups excluding carboxylic acids is 12. The van der Waals surface area contributed by atoms with Gasteiger partial charge in [0.15, 0.2) is 0 Å². The number of nitrogens with zero attached hydrogens (tertiary/aromatic N) is 9. The number of alkyl halides is 3. The largest absolute Gasteiger partial charge is 0.416 e. The molecule has 2 heterocycles. The average Bonchev–Trinajstić information content (AvgIpc) is 0.835. The van der Waals surface area contributed by atoms with Gasteiger partial charge in [0, 0.05) is 87.3 Å². The quantitative estimate of drug-likeness (QED) is 0.194. The first-order chi connectivity index (χ1) is 46.9. The van der Waals surface area contributed by atoms with Crippen molar-refractivity contribution in [1.29, 1.82) is 0 Å². The minimum absolute atomic E-state index is 0.00693. The highest BCUT2D eigenvalue weighted by molar-refractivity contribution is 6.30. The molecule has 0 radical (unpaired) electrons. The number of amides is 12. The van der Waals surface area contributed by atoms with E-state index in [9.17, 15) is 51.5 Å². The Morgan fingerprint density at radius 2 is 1.03 bits per heavy atom. The van der Waals surface area contributed by atoms with Gasteiger partial charge in [-0.25, -0.2) is 0 Å². The maximum atomic E-state index is 15.6. The molecule has 3 aromatic carbocycles. The van der Waals surface area contributed by atoms with Gasteiger partial charge in [-0.1, -0.05) is 114 Å². The smallest absolute Gasteiger partial charge is 0.343 e. The molecule has 3 aromatic rings. The lowest BCUT2D eigenvalue weighted by Crippen LogP contribution is -2.61. The lowest BCUT2D eigenvalue weighted by Gasteiger charge is -2.39. The summed E-state index contributed by atoms with van der Waals surface area (Å²) in [5, 5.41) is 8.67. The van der Waals surface area contributed by atoms with Crippen LogP contribution < -0.4 is 16.0 Å². The summed E-state index contributed by atoms with van der Waals surface area (Å²) in [5.74, 6) is -9.92. The predicted octanol–water partition coefficient (Wildman–Crippen LogP) is 4.93. The van der Waals surface area contributed by atoms with E-state index in [2.05, 4.69) is 16.0 Å². The van der Waals surface area contributed by atoms with Crippen molar-refractivity contribution in [3.63, 3.8) is 0 Å². The summed E-state index contributed by atoms with van der Waals surface area (Å²) in [6.07, 6.45) is -4.06. The van der Waals surface area contributed by atoms with Crippen molar-refractivity contribution in [2.75, 3.05) is 89.1 Å². The van der Waals surface area contributed by atoms with Crippen molar-refractivity contribution < 1.29 is 70.7 Å². The maximum absolute atomic E-state index is 15.6. The minimum atomic E-state index is -4.65. The standard InChI is InChI=1S/C72H102ClF3N12O12/c1-16-46(6)63-71(100)82(10)42-61(91)80(8)43-62(92)84(12)57(39-50-26-31-52(73)32-27-50)68(97)81(9)41-59(89)77-53(33-28-48-24-29-51(30-25-48)72(74,75)76)66(95)86(14)56(37-45(4)5)69(98)87(15)58(38-49-22-18-17-19-23-49)70(99)85(13)55(36-44(2)3)65(94)78-54(67(96)88-34-20-21-35-88)40-60(90)83(11)47(7)64(93)79-63/h17-19,22-27,29-32,44-47,53-58,63H,16,20-21,28,33-43H2,1-15H3,(H,77,89)(H,78,94)(H,79,93)/t46-,47-,53-,54-,55-,56-,57-,58-,63-/m0/s1. The van der Waals surface area contributed by atoms with Crippen LogP contribution in [-0.4, -0.2) is 252 Å². The molecule has 0 bridgehead atoms. The van der Waals surface area contributed by atoms with Gasteiger partial charge in [0.2, 0.25) is 70.9 Å². The summed E-state index contributed by atoms with van der Waals surface area (Å²) in [5.41, 5.74) is 0.605. The first kappa shape index (κ1) is 82.1. The summed E-state index contributed by atoms with van der Waals surface area (Å²) in [4.78, 5) is 187. The second-order valence-corrected chi connectivity index (χ2v) is 28.0. The fraction of sp³-hybridized carbons (Fsp3) is 0.583. The Bertz CT molecular complexity index is 3360. The lowest BCUT2D eigenvalue weighted by molar-refractivity contribution is -0.153. The molecule has 2 aliphatic heterocycles. The van der Waals surface area contributed by atoms with Gasteiger partial charge in [0.25, 0.3) is 0 Å². The summed E-state index contributed by atoms with van der Waals surface area (Å²) >= 11 is 6.23. The summed E-state index contributed by atoms with van der Waals surface area (Å²) in [6.45, 7) is 11.0. The maximum Gasteiger partial charge on any atom is 0.416 e. The Morgan fingerprint density at radius 3 is 1.59 bits per heavy atom. The highest BCUT2D eigenvalue weighted by atomic mass is 35.5. The normalized spacial score (nSPS) is 23.6. The van der Waals surface area contributed by atoms with E-state index in [1.807, 2.05) is 27.7 Å². The topological polar surface area (TPSA) is 270 Å². The van der Waals surface area contributed by atoms with Crippen LogP contribution in [0.4, 0.5) is 13.2 Å². The molecule has 9 atom stereocenters. The SMILES string of the molecule is CC[C@H](C)[C@@H]1NC(=O)[C@H](C)N(C)C(=O)C[C@@H](C(=O)N2CCCC2)NC(=O)[C@H](CC(C)C)N(C)C(=O)[C@H](Cc2ccccc2)N(C)C(=O)[C@H](CC(C)C)N(C)C(=O)[C@H](CCc2ccc(C(F)(F)F)cc2)NC(=O)CN(C)C(=O)[C@H](Cc2ccc(Cl)cc2)N(C)C(=O)CN(C)C(=O)CN(C)C1=O. The van der Waals surface area contributed by atoms with Crippen molar-refractivity contribution in [2.45, 2.75) is 167 Å². The van der Waals surface area contributed by atoms with E-state index >= 15 is 19.2 Å². The first-order valence-corrected chi connectivity index (χ1v) is 34.4. The summed E-state index contributed by atoms with van der Waals surface area (Å²) in [6, 6.07) is 8.60. The van der Waals surface area contributed by atoms with Crippen LogP contribution in [0.3, 0.4) is 0 Å².